The lowest BCUT2D eigenvalue weighted by Gasteiger charge is -2.30. The number of carbonyl (C=O) groups excluding carboxylic acids is 1. The van der Waals surface area contributed by atoms with Crippen molar-refractivity contribution in [2.24, 2.45) is 5.92 Å². The number of likely N-dealkylation sites (tertiary alicyclic amines) is 1. The van der Waals surface area contributed by atoms with E-state index in [4.69, 9.17) is 0 Å². The fraction of sp³-hybridized carbons (Fsp3) is 0.933. The van der Waals surface area contributed by atoms with Crippen molar-refractivity contribution in [2.45, 2.75) is 64.6 Å². The van der Waals surface area contributed by atoms with Crippen LogP contribution in [0.1, 0.15) is 47.0 Å². The second-order valence-electron chi connectivity index (χ2n) is 6.82. The molecule has 2 saturated heterocycles. The number of hydrogen-bond acceptors (Lipinski definition) is 3. The summed E-state index contributed by atoms with van der Waals surface area (Å²) >= 11 is 0. The molecule has 2 aliphatic rings. The summed E-state index contributed by atoms with van der Waals surface area (Å²) in [6.45, 7) is 11.5. The van der Waals surface area contributed by atoms with Crippen molar-refractivity contribution in [3.05, 3.63) is 0 Å². The quantitative estimate of drug-likeness (QED) is 0.808. The Morgan fingerprint density at radius 2 is 2.21 bits per heavy atom. The summed E-state index contributed by atoms with van der Waals surface area (Å²) in [6.07, 6.45) is 3.54. The summed E-state index contributed by atoms with van der Waals surface area (Å²) < 4.78 is 0. The van der Waals surface area contributed by atoms with Crippen LogP contribution < -0.4 is 10.6 Å². The van der Waals surface area contributed by atoms with Gasteiger partial charge in [-0.05, 0) is 52.5 Å². The second kappa shape index (κ2) is 5.80. The molecule has 2 rings (SSSR count). The Morgan fingerprint density at radius 3 is 2.84 bits per heavy atom. The summed E-state index contributed by atoms with van der Waals surface area (Å²) in [7, 11) is 0. The highest BCUT2D eigenvalue weighted by Crippen LogP contribution is 2.26. The van der Waals surface area contributed by atoms with Gasteiger partial charge in [-0.25, -0.2) is 0 Å². The number of nitrogens with zero attached hydrogens (tertiary/aromatic N) is 1. The summed E-state index contributed by atoms with van der Waals surface area (Å²) in [5, 5.41) is 6.75. The van der Waals surface area contributed by atoms with Gasteiger partial charge in [-0.1, -0.05) is 6.92 Å². The van der Waals surface area contributed by atoms with Gasteiger partial charge in [-0.2, -0.15) is 0 Å². The summed E-state index contributed by atoms with van der Waals surface area (Å²) in [6, 6.07) is 0.585. The van der Waals surface area contributed by atoms with Gasteiger partial charge in [0.05, 0.1) is 6.04 Å². The van der Waals surface area contributed by atoms with Gasteiger partial charge in [0.15, 0.2) is 0 Å². The van der Waals surface area contributed by atoms with E-state index in [0.717, 1.165) is 32.0 Å². The Balaban J connectivity index is 1.89. The van der Waals surface area contributed by atoms with E-state index in [-0.39, 0.29) is 17.5 Å². The molecular weight excluding hydrogens is 238 g/mol. The van der Waals surface area contributed by atoms with Crippen LogP contribution in [0.15, 0.2) is 0 Å². The molecule has 3 unspecified atom stereocenters. The first-order valence-corrected chi connectivity index (χ1v) is 7.72. The number of nitrogens with one attached hydrogen (secondary N) is 2. The minimum atomic E-state index is -0.101. The van der Waals surface area contributed by atoms with E-state index in [0.29, 0.717) is 6.04 Å². The molecule has 2 aliphatic heterocycles. The van der Waals surface area contributed by atoms with E-state index in [1.54, 1.807) is 0 Å². The van der Waals surface area contributed by atoms with Crippen LogP contribution in [-0.4, -0.2) is 48.1 Å². The lowest BCUT2D eigenvalue weighted by Crippen LogP contribution is -2.51. The SMILES string of the molecule is CCC(C)(C)NC(=O)C(C)N1CC2CCCNC2C1. The number of rotatable bonds is 4. The molecule has 0 aliphatic carbocycles. The molecule has 110 valence electrons. The van der Waals surface area contributed by atoms with Crippen molar-refractivity contribution in [3.8, 4) is 0 Å². The van der Waals surface area contributed by atoms with E-state index in [2.05, 4.69) is 36.3 Å². The summed E-state index contributed by atoms with van der Waals surface area (Å²) in [4.78, 5) is 14.7. The molecule has 0 saturated carbocycles. The maximum atomic E-state index is 12.3. The van der Waals surface area contributed by atoms with Crippen LogP contribution >= 0.6 is 0 Å². The van der Waals surface area contributed by atoms with E-state index < -0.39 is 0 Å². The van der Waals surface area contributed by atoms with Gasteiger partial charge in [0.2, 0.25) is 5.91 Å². The fourth-order valence-electron chi connectivity index (χ4n) is 3.09. The molecule has 2 heterocycles. The van der Waals surface area contributed by atoms with E-state index in [1.807, 2.05) is 6.92 Å². The van der Waals surface area contributed by atoms with Gasteiger partial charge in [0.25, 0.3) is 0 Å². The predicted octanol–water partition coefficient (Wildman–Crippen LogP) is 1.36. The average Bonchev–Trinajstić information content (AvgIpc) is 2.81. The van der Waals surface area contributed by atoms with Crippen LogP contribution in [-0.2, 0) is 4.79 Å². The van der Waals surface area contributed by atoms with Crippen LogP contribution in [0.3, 0.4) is 0 Å². The Bertz CT molecular complexity index is 315. The average molecular weight is 267 g/mol. The zero-order valence-corrected chi connectivity index (χ0v) is 12.8. The molecule has 0 spiro atoms. The molecule has 1 amide bonds. The Labute approximate surface area is 117 Å². The largest absolute Gasteiger partial charge is 0.350 e. The van der Waals surface area contributed by atoms with Gasteiger partial charge in [-0.3, -0.25) is 9.69 Å². The number of piperidine rings is 1. The van der Waals surface area contributed by atoms with Crippen LogP contribution in [0.25, 0.3) is 0 Å². The van der Waals surface area contributed by atoms with Crippen LogP contribution in [0.2, 0.25) is 0 Å². The van der Waals surface area contributed by atoms with E-state index in [9.17, 15) is 4.79 Å². The van der Waals surface area contributed by atoms with Gasteiger partial charge in [-0.15, -0.1) is 0 Å². The van der Waals surface area contributed by atoms with Crippen molar-refractivity contribution < 1.29 is 4.79 Å². The summed E-state index contributed by atoms with van der Waals surface area (Å²) in [5.41, 5.74) is -0.101. The van der Waals surface area contributed by atoms with E-state index in [1.165, 1.54) is 12.8 Å². The molecule has 4 nitrogen and oxygen atoms in total. The fourth-order valence-corrected chi connectivity index (χ4v) is 3.09. The summed E-state index contributed by atoms with van der Waals surface area (Å²) in [5.74, 6) is 0.911. The number of amides is 1. The Kier molecular flexibility index (Phi) is 4.51. The molecule has 0 bridgehead atoms. The normalized spacial score (nSPS) is 29.9. The maximum Gasteiger partial charge on any atom is 0.237 e. The third-order valence-electron chi connectivity index (χ3n) is 4.90. The molecule has 0 aromatic carbocycles. The number of fused-ring (bicyclic) bond motifs is 1. The monoisotopic (exact) mass is 267 g/mol. The highest BCUT2D eigenvalue weighted by molar-refractivity contribution is 5.82. The molecular formula is C15H29N3O. The molecule has 2 N–H and O–H groups in total. The molecule has 19 heavy (non-hydrogen) atoms. The van der Waals surface area contributed by atoms with Gasteiger partial charge < -0.3 is 10.6 Å². The lowest BCUT2D eigenvalue weighted by atomic mass is 9.94. The van der Waals surface area contributed by atoms with Crippen LogP contribution in [0, 0.1) is 5.92 Å². The molecule has 4 heteroatoms. The first-order valence-electron chi connectivity index (χ1n) is 7.72. The first kappa shape index (κ1) is 14.8. The molecule has 3 atom stereocenters. The third kappa shape index (κ3) is 3.48. The van der Waals surface area contributed by atoms with Crippen molar-refractivity contribution in [3.63, 3.8) is 0 Å². The van der Waals surface area contributed by atoms with Gasteiger partial charge >= 0.3 is 0 Å². The zero-order valence-electron chi connectivity index (χ0n) is 12.8. The van der Waals surface area contributed by atoms with Crippen molar-refractivity contribution in [1.82, 2.24) is 15.5 Å². The standard InChI is InChI=1S/C15H29N3O/c1-5-15(3,4)17-14(19)11(2)18-9-12-7-6-8-16-13(12)10-18/h11-13,16H,5-10H2,1-4H3,(H,17,19). The number of hydrogen-bond donors (Lipinski definition) is 2. The third-order valence-corrected chi connectivity index (χ3v) is 4.90. The Morgan fingerprint density at radius 1 is 1.47 bits per heavy atom. The highest BCUT2D eigenvalue weighted by Gasteiger charge is 2.38. The Hall–Kier alpha value is -0.610. The highest BCUT2D eigenvalue weighted by atomic mass is 16.2. The van der Waals surface area contributed by atoms with Gasteiger partial charge in [0, 0.05) is 24.7 Å². The minimum absolute atomic E-state index is 0.0155. The van der Waals surface area contributed by atoms with Crippen molar-refractivity contribution in [2.75, 3.05) is 19.6 Å². The van der Waals surface area contributed by atoms with E-state index >= 15 is 0 Å². The predicted molar refractivity (Wildman–Crippen MR) is 78.1 cm³/mol. The first-order chi connectivity index (χ1) is 8.93. The smallest absolute Gasteiger partial charge is 0.237 e. The van der Waals surface area contributed by atoms with Crippen LogP contribution in [0.4, 0.5) is 0 Å². The molecule has 0 aromatic heterocycles. The molecule has 0 aromatic rings. The molecule has 2 fully saturated rings. The zero-order chi connectivity index (χ0) is 14.0. The lowest BCUT2D eigenvalue weighted by molar-refractivity contribution is -0.127. The van der Waals surface area contributed by atoms with Crippen molar-refractivity contribution >= 4 is 5.91 Å². The van der Waals surface area contributed by atoms with Crippen molar-refractivity contribution in [1.29, 1.82) is 0 Å². The topological polar surface area (TPSA) is 44.4 Å². The number of carbonyl (C=O) groups is 1. The molecule has 0 radical (unpaired) electrons. The minimum Gasteiger partial charge on any atom is -0.350 e. The van der Waals surface area contributed by atoms with Crippen LogP contribution in [0.5, 0.6) is 0 Å². The second-order valence-corrected chi connectivity index (χ2v) is 6.82. The maximum absolute atomic E-state index is 12.3. The van der Waals surface area contributed by atoms with Gasteiger partial charge in [0.1, 0.15) is 0 Å².